The topological polar surface area (TPSA) is 84.1 Å². The van der Waals surface area contributed by atoms with Crippen molar-refractivity contribution in [1.82, 2.24) is 9.97 Å². The van der Waals surface area contributed by atoms with E-state index in [0.29, 0.717) is 5.82 Å². The van der Waals surface area contributed by atoms with E-state index in [-0.39, 0.29) is 18.6 Å². The van der Waals surface area contributed by atoms with Gasteiger partial charge in [0.05, 0.1) is 18.0 Å². The predicted molar refractivity (Wildman–Crippen MR) is 75.8 cm³/mol. The molecule has 0 fully saturated rings. The number of anilines is 2. The van der Waals surface area contributed by atoms with Gasteiger partial charge in [0, 0.05) is 0 Å². The number of hydrogen-bond acceptors (Lipinski definition) is 6. The van der Waals surface area contributed by atoms with Crippen LogP contribution in [0.1, 0.15) is 26.2 Å². The molecule has 0 spiro atoms. The molecule has 4 N–H and O–H groups in total. The molecule has 2 aromatic heterocycles. The fourth-order valence-electron chi connectivity index (χ4n) is 1.83. The van der Waals surface area contributed by atoms with Crippen LogP contribution >= 0.6 is 11.3 Å². The fourth-order valence-corrected chi connectivity index (χ4v) is 2.61. The van der Waals surface area contributed by atoms with Crippen LogP contribution in [0.5, 0.6) is 0 Å². The maximum Gasteiger partial charge on any atom is 0.223 e. The van der Waals surface area contributed by atoms with Gasteiger partial charge < -0.3 is 16.2 Å². The molecule has 2 rings (SSSR count). The highest BCUT2D eigenvalue weighted by atomic mass is 32.1. The van der Waals surface area contributed by atoms with E-state index in [2.05, 4.69) is 22.2 Å². The smallest absolute Gasteiger partial charge is 0.223 e. The van der Waals surface area contributed by atoms with Crippen molar-refractivity contribution in [2.24, 2.45) is 0 Å². The summed E-state index contributed by atoms with van der Waals surface area (Å²) in [7, 11) is 0. The van der Waals surface area contributed by atoms with Crippen molar-refractivity contribution in [2.45, 2.75) is 32.2 Å². The molecule has 0 aliphatic carbocycles. The SMILES string of the molecule is CCCC[C@@H](CO)Nc1nc(N)nc2sccc12. The minimum atomic E-state index is 0.0161. The average Bonchev–Trinajstić information content (AvgIpc) is 2.82. The van der Waals surface area contributed by atoms with Crippen molar-refractivity contribution < 1.29 is 5.11 Å². The lowest BCUT2D eigenvalue weighted by atomic mass is 10.1. The summed E-state index contributed by atoms with van der Waals surface area (Å²) in [5, 5.41) is 15.6. The molecule has 0 radical (unpaired) electrons. The van der Waals surface area contributed by atoms with Crippen LogP contribution in [0.2, 0.25) is 0 Å². The third-order valence-corrected chi connectivity index (χ3v) is 3.62. The maximum atomic E-state index is 9.37. The number of aromatic nitrogens is 2. The van der Waals surface area contributed by atoms with Gasteiger partial charge in [-0.05, 0) is 17.9 Å². The van der Waals surface area contributed by atoms with Crippen molar-refractivity contribution in [2.75, 3.05) is 17.7 Å². The van der Waals surface area contributed by atoms with Gasteiger partial charge in [0.2, 0.25) is 5.95 Å². The second-order valence-electron chi connectivity index (χ2n) is 4.24. The third kappa shape index (κ3) is 2.88. The zero-order valence-electron chi connectivity index (χ0n) is 10.4. The first-order valence-corrected chi connectivity index (χ1v) is 7.00. The number of nitrogens with zero attached hydrogens (tertiary/aromatic N) is 2. The van der Waals surface area contributed by atoms with Crippen LogP contribution in [-0.4, -0.2) is 27.7 Å². The summed E-state index contributed by atoms with van der Waals surface area (Å²) in [6.45, 7) is 2.23. The summed E-state index contributed by atoms with van der Waals surface area (Å²) in [4.78, 5) is 9.27. The van der Waals surface area contributed by atoms with Crippen molar-refractivity contribution in [3.05, 3.63) is 11.4 Å². The second-order valence-corrected chi connectivity index (χ2v) is 5.13. The summed E-state index contributed by atoms with van der Waals surface area (Å²) >= 11 is 1.53. The predicted octanol–water partition coefficient (Wildman–Crippen LogP) is 2.24. The molecule has 18 heavy (non-hydrogen) atoms. The third-order valence-electron chi connectivity index (χ3n) is 2.81. The molecule has 0 aliphatic heterocycles. The van der Waals surface area contributed by atoms with Gasteiger partial charge in [-0.3, -0.25) is 0 Å². The van der Waals surface area contributed by atoms with Crippen LogP contribution in [0.25, 0.3) is 10.2 Å². The molecule has 0 saturated carbocycles. The summed E-state index contributed by atoms with van der Waals surface area (Å²) < 4.78 is 0. The summed E-state index contributed by atoms with van der Waals surface area (Å²) in [6.07, 6.45) is 3.10. The molecule has 5 nitrogen and oxygen atoms in total. The van der Waals surface area contributed by atoms with Gasteiger partial charge in [0.1, 0.15) is 10.6 Å². The van der Waals surface area contributed by atoms with E-state index < -0.39 is 0 Å². The molecule has 0 aromatic carbocycles. The Kier molecular flexibility index (Phi) is 4.33. The largest absolute Gasteiger partial charge is 0.394 e. The van der Waals surface area contributed by atoms with Crippen molar-refractivity contribution in [1.29, 1.82) is 0 Å². The maximum absolute atomic E-state index is 9.37. The van der Waals surface area contributed by atoms with Crippen LogP contribution in [0.4, 0.5) is 11.8 Å². The van der Waals surface area contributed by atoms with Crippen molar-refractivity contribution >= 4 is 33.3 Å². The number of thiophene rings is 1. The van der Waals surface area contributed by atoms with E-state index in [4.69, 9.17) is 5.73 Å². The van der Waals surface area contributed by atoms with E-state index in [1.165, 1.54) is 11.3 Å². The number of hydrogen-bond donors (Lipinski definition) is 3. The Balaban J connectivity index is 2.21. The Morgan fingerprint density at radius 1 is 1.50 bits per heavy atom. The average molecular weight is 266 g/mol. The Hall–Kier alpha value is -1.40. The van der Waals surface area contributed by atoms with Crippen LogP contribution < -0.4 is 11.1 Å². The molecule has 0 bridgehead atoms. The van der Waals surface area contributed by atoms with E-state index in [9.17, 15) is 5.11 Å². The lowest BCUT2D eigenvalue weighted by Gasteiger charge is -2.17. The van der Waals surface area contributed by atoms with E-state index in [1.807, 2.05) is 11.4 Å². The number of unbranched alkanes of at least 4 members (excludes halogenated alkanes) is 1. The minimum Gasteiger partial charge on any atom is -0.394 e. The Bertz CT molecular complexity index is 514. The van der Waals surface area contributed by atoms with Gasteiger partial charge in [-0.2, -0.15) is 4.98 Å². The number of nitrogens with two attached hydrogens (primary N) is 1. The molecule has 0 amide bonds. The van der Waals surface area contributed by atoms with Gasteiger partial charge in [-0.25, -0.2) is 4.98 Å². The molecule has 1 atom stereocenters. The fraction of sp³-hybridized carbons (Fsp3) is 0.500. The first-order chi connectivity index (χ1) is 8.74. The molecule has 0 unspecified atom stereocenters. The summed E-state index contributed by atoms with van der Waals surface area (Å²) in [6, 6.07) is 1.98. The first kappa shape index (κ1) is 13.0. The second kappa shape index (κ2) is 5.97. The molecule has 0 saturated heterocycles. The van der Waals surface area contributed by atoms with Gasteiger partial charge >= 0.3 is 0 Å². The highest BCUT2D eigenvalue weighted by Crippen LogP contribution is 2.26. The zero-order chi connectivity index (χ0) is 13.0. The standard InChI is InChI=1S/C12H18N4OS/c1-2-3-4-8(7-17)14-10-9-5-6-18-11(9)16-12(13)15-10/h5-6,8,17H,2-4,7H2,1H3,(H3,13,14,15,16)/t8-/m0/s1. The Morgan fingerprint density at radius 2 is 2.33 bits per heavy atom. The quantitative estimate of drug-likeness (QED) is 0.746. The minimum absolute atomic E-state index is 0.0161. The van der Waals surface area contributed by atoms with E-state index in [0.717, 1.165) is 29.5 Å². The van der Waals surface area contributed by atoms with Crippen LogP contribution in [0.15, 0.2) is 11.4 Å². The number of aliphatic hydroxyl groups excluding tert-OH is 1. The van der Waals surface area contributed by atoms with Gasteiger partial charge in [0.25, 0.3) is 0 Å². The highest BCUT2D eigenvalue weighted by molar-refractivity contribution is 7.16. The van der Waals surface area contributed by atoms with Crippen LogP contribution in [0, 0.1) is 0 Å². The Labute approximate surface area is 110 Å². The lowest BCUT2D eigenvalue weighted by Crippen LogP contribution is -2.24. The van der Waals surface area contributed by atoms with E-state index >= 15 is 0 Å². The lowest BCUT2D eigenvalue weighted by molar-refractivity contribution is 0.267. The molecular formula is C12H18N4OS. The Morgan fingerprint density at radius 3 is 3.06 bits per heavy atom. The van der Waals surface area contributed by atoms with Crippen LogP contribution in [0.3, 0.4) is 0 Å². The van der Waals surface area contributed by atoms with Gasteiger partial charge in [-0.1, -0.05) is 19.8 Å². The van der Waals surface area contributed by atoms with Crippen LogP contribution in [-0.2, 0) is 0 Å². The molecule has 6 heteroatoms. The molecule has 98 valence electrons. The van der Waals surface area contributed by atoms with E-state index in [1.54, 1.807) is 0 Å². The van der Waals surface area contributed by atoms with Crippen molar-refractivity contribution in [3.8, 4) is 0 Å². The highest BCUT2D eigenvalue weighted by Gasteiger charge is 2.12. The van der Waals surface area contributed by atoms with Crippen molar-refractivity contribution in [3.63, 3.8) is 0 Å². The number of nitrogens with one attached hydrogen (secondary N) is 1. The zero-order valence-corrected chi connectivity index (χ0v) is 11.2. The molecule has 2 aromatic rings. The molecular weight excluding hydrogens is 248 g/mol. The normalized spacial score (nSPS) is 12.8. The van der Waals surface area contributed by atoms with Gasteiger partial charge in [-0.15, -0.1) is 11.3 Å². The monoisotopic (exact) mass is 266 g/mol. The summed E-state index contributed by atoms with van der Waals surface area (Å²) in [5.74, 6) is 0.980. The summed E-state index contributed by atoms with van der Waals surface area (Å²) in [5.41, 5.74) is 5.68. The van der Waals surface area contributed by atoms with Gasteiger partial charge in [0.15, 0.2) is 0 Å². The number of fused-ring (bicyclic) bond motifs is 1. The molecule has 2 heterocycles. The number of nitrogen functional groups attached to an aromatic ring is 1. The number of aliphatic hydroxyl groups is 1. The number of rotatable bonds is 6. The molecule has 0 aliphatic rings. The first-order valence-electron chi connectivity index (χ1n) is 6.12.